The number of primary amides is 1. The predicted molar refractivity (Wildman–Crippen MR) is 95.1 cm³/mol. The van der Waals surface area contributed by atoms with Crippen molar-refractivity contribution in [2.45, 2.75) is 38.8 Å². The van der Waals surface area contributed by atoms with E-state index in [0.29, 0.717) is 18.0 Å². The van der Waals surface area contributed by atoms with Gasteiger partial charge in [0.15, 0.2) is 0 Å². The molecule has 7 heteroatoms. The molecule has 1 aromatic heterocycles. The summed E-state index contributed by atoms with van der Waals surface area (Å²) in [7, 11) is 0. The average Bonchev–Trinajstić information content (AvgIpc) is 2.96. The Morgan fingerprint density at radius 2 is 2.12 bits per heavy atom. The number of benzene rings is 1. The minimum absolute atomic E-state index is 0.142. The Bertz CT molecular complexity index is 785. The Morgan fingerprint density at radius 1 is 1.40 bits per heavy atom. The van der Waals surface area contributed by atoms with E-state index in [1.54, 1.807) is 12.1 Å². The number of fused-ring (bicyclic) bond motifs is 1. The third kappa shape index (κ3) is 4.02. The first-order valence-electron chi connectivity index (χ1n) is 8.29. The first kappa shape index (κ1) is 17.5. The Kier molecular flexibility index (Phi) is 5.08. The Hall–Kier alpha value is -2.34. The average molecular weight is 361 g/mol. The summed E-state index contributed by atoms with van der Waals surface area (Å²) in [5, 5.41) is 3.43. The maximum Gasteiger partial charge on any atom is 0.240 e. The van der Waals surface area contributed by atoms with Crippen molar-refractivity contribution >= 4 is 23.4 Å². The molecule has 0 aliphatic carbocycles. The van der Waals surface area contributed by atoms with E-state index >= 15 is 0 Å². The van der Waals surface area contributed by atoms with Crippen LogP contribution in [0.2, 0.25) is 5.02 Å². The van der Waals surface area contributed by atoms with E-state index in [4.69, 9.17) is 17.3 Å². The monoisotopic (exact) mass is 360 g/mol. The molecule has 0 bridgehead atoms. The zero-order chi connectivity index (χ0) is 18.0. The highest BCUT2D eigenvalue weighted by molar-refractivity contribution is 6.30. The van der Waals surface area contributed by atoms with Gasteiger partial charge in [-0.25, -0.2) is 4.98 Å². The van der Waals surface area contributed by atoms with Gasteiger partial charge in [-0.2, -0.15) is 0 Å². The lowest BCUT2D eigenvalue weighted by molar-refractivity contribution is -0.130. The fourth-order valence-corrected chi connectivity index (χ4v) is 3.31. The highest BCUT2D eigenvalue weighted by Gasteiger charge is 2.28. The number of carbonyl (C=O) groups is 2. The molecule has 2 aromatic rings. The summed E-state index contributed by atoms with van der Waals surface area (Å²) in [6.45, 7) is 2.51. The summed E-state index contributed by atoms with van der Waals surface area (Å²) in [5.74, 6) is 0.0303. The molecule has 3 N–H and O–H groups in total. The number of halogens is 1. The van der Waals surface area contributed by atoms with Crippen LogP contribution in [0.3, 0.4) is 0 Å². The molecule has 2 unspecified atom stereocenters. The summed E-state index contributed by atoms with van der Waals surface area (Å²) in [5.41, 5.74) is 7.52. The molecule has 132 valence electrons. The Balaban J connectivity index is 1.66. The fourth-order valence-electron chi connectivity index (χ4n) is 3.18. The second-order valence-corrected chi connectivity index (χ2v) is 6.87. The van der Waals surface area contributed by atoms with Crippen LogP contribution in [0.15, 0.2) is 30.5 Å². The molecule has 0 saturated carbocycles. The summed E-state index contributed by atoms with van der Waals surface area (Å²) >= 11 is 5.87. The molecular weight excluding hydrogens is 340 g/mol. The van der Waals surface area contributed by atoms with Crippen molar-refractivity contribution < 1.29 is 9.59 Å². The third-order valence-electron chi connectivity index (χ3n) is 4.67. The predicted octanol–water partition coefficient (Wildman–Crippen LogP) is 1.62. The molecule has 0 radical (unpaired) electrons. The number of hydrogen-bond donors (Lipinski definition) is 2. The molecule has 2 heterocycles. The molecule has 3 rings (SSSR count). The van der Waals surface area contributed by atoms with Gasteiger partial charge in [-0.15, -0.1) is 0 Å². The van der Waals surface area contributed by atoms with Crippen LogP contribution >= 0.6 is 11.6 Å². The van der Waals surface area contributed by atoms with E-state index in [0.717, 1.165) is 29.9 Å². The number of nitrogens with zero attached hydrogens (tertiary/aromatic N) is 2. The van der Waals surface area contributed by atoms with Gasteiger partial charge in [0, 0.05) is 29.9 Å². The van der Waals surface area contributed by atoms with Gasteiger partial charge in [-0.3, -0.25) is 9.59 Å². The van der Waals surface area contributed by atoms with Crippen LogP contribution in [0, 0.1) is 12.8 Å². The summed E-state index contributed by atoms with van der Waals surface area (Å²) in [6, 6.07) is 6.42. The van der Waals surface area contributed by atoms with Crippen LogP contribution in [0.4, 0.5) is 0 Å². The molecule has 6 nitrogen and oxygen atoms in total. The third-order valence-corrected chi connectivity index (χ3v) is 4.93. The molecular formula is C18H21ClN4O2. The zero-order valence-electron chi connectivity index (χ0n) is 14.0. The summed E-state index contributed by atoms with van der Waals surface area (Å²) < 4.78 is 2.06. The standard InChI is InChI=1S/C18H21ClN4O2/c1-11-21-9-15-7-4-13(10-23(11)15)18(25)22-16(17(20)24)8-12-2-5-14(19)6-3-12/h2-3,5-6,9,13,16H,4,7-8,10H2,1H3,(H2,20,24)(H,22,25). The number of nitrogens with two attached hydrogens (primary N) is 1. The number of amides is 2. The first-order valence-corrected chi connectivity index (χ1v) is 8.67. The number of imidazole rings is 1. The van der Waals surface area contributed by atoms with Crippen molar-refractivity contribution in [1.82, 2.24) is 14.9 Å². The van der Waals surface area contributed by atoms with Gasteiger partial charge in [0.2, 0.25) is 11.8 Å². The van der Waals surface area contributed by atoms with Gasteiger partial charge in [0.25, 0.3) is 0 Å². The van der Waals surface area contributed by atoms with Gasteiger partial charge in [-0.1, -0.05) is 23.7 Å². The van der Waals surface area contributed by atoms with E-state index in [2.05, 4.69) is 14.9 Å². The van der Waals surface area contributed by atoms with Gasteiger partial charge in [0.05, 0.1) is 5.92 Å². The molecule has 2 amide bonds. The molecule has 1 aromatic carbocycles. The number of carbonyl (C=O) groups excluding carboxylic acids is 2. The molecule has 1 aliphatic heterocycles. The van der Waals surface area contributed by atoms with Gasteiger partial charge >= 0.3 is 0 Å². The van der Waals surface area contributed by atoms with Crippen LogP contribution in [0.25, 0.3) is 0 Å². The second-order valence-electron chi connectivity index (χ2n) is 6.44. The van der Waals surface area contributed by atoms with E-state index in [1.165, 1.54) is 0 Å². The topological polar surface area (TPSA) is 90.0 Å². The van der Waals surface area contributed by atoms with Crippen molar-refractivity contribution in [3.8, 4) is 0 Å². The second kappa shape index (κ2) is 7.27. The molecule has 0 spiro atoms. The molecule has 2 atom stereocenters. The van der Waals surface area contributed by atoms with Crippen molar-refractivity contribution in [3.05, 3.63) is 52.6 Å². The zero-order valence-corrected chi connectivity index (χ0v) is 14.8. The smallest absolute Gasteiger partial charge is 0.240 e. The minimum atomic E-state index is -0.737. The highest BCUT2D eigenvalue weighted by Crippen LogP contribution is 2.22. The lowest BCUT2D eigenvalue weighted by Gasteiger charge is -2.26. The van der Waals surface area contributed by atoms with E-state index < -0.39 is 11.9 Å². The van der Waals surface area contributed by atoms with Crippen molar-refractivity contribution in [1.29, 1.82) is 0 Å². The van der Waals surface area contributed by atoms with Gasteiger partial charge in [-0.05, 0) is 37.5 Å². The Morgan fingerprint density at radius 3 is 2.80 bits per heavy atom. The molecule has 0 fully saturated rings. The summed E-state index contributed by atoms with van der Waals surface area (Å²) in [4.78, 5) is 28.7. The van der Waals surface area contributed by atoms with Gasteiger partial charge < -0.3 is 15.6 Å². The molecule has 1 aliphatic rings. The SMILES string of the molecule is Cc1ncc2n1CC(C(=O)NC(Cc1ccc(Cl)cc1)C(N)=O)CC2. The van der Waals surface area contributed by atoms with Crippen molar-refractivity contribution in [2.75, 3.05) is 0 Å². The van der Waals surface area contributed by atoms with E-state index in [1.807, 2.05) is 25.3 Å². The van der Waals surface area contributed by atoms with Crippen molar-refractivity contribution in [2.24, 2.45) is 11.7 Å². The largest absolute Gasteiger partial charge is 0.368 e. The first-order chi connectivity index (χ1) is 11.9. The van der Waals surface area contributed by atoms with Crippen LogP contribution < -0.4 is 11.1 Å². The maximum absolute atomic E-state index is 12.6. The lowest BCUT2D eigenvalue weighted by Crippen LogP contribution is -2.49. The summed E-state index contributed by atoms with van der Waals surface area (Å²) in [6.07, 6.45) is 3.75. The number of rotatable bonds is 5. The van der Waals surface area contributed by atoms with Crippen LogP contribution in [-0.4, -0.2) is 27.4 Å². The number of nitrogens with one attached hydrogen (secondary N) is 1. The van der Waals surface area contributed by atoms with Crippen LogP contribution in [-0.2, 0) is 29.0 Å². The molecule has 25 heavy (non-hydrogen) atoms. The highest BCUT2D eigenvalue weighted by atomic mass is 35.5. The molecule has 0 saturated heterocycles. The number of aromatic nitrogens is 2. The lowest BCUT2D eigenvalue weighted by atomic mass is 9.96. The quantitative estimate of drug-likeness (QED) is 0.849. The fraction of sp³-hybridized carbons (Fsp3) is 0.389. The van der Waals surface area contributed by atoms with Crippen LogP contribution in [0.5, 0.6) is 0 Å². The number of aryl methyl sites for hydroxylation is 2. The van der Waals surface area contributed by atoms with E-state index in [9.17, 15) is 9.59 Å². The van der Waals surface area contributed by atoms with Crippen LogP contribution in [0.1, 0.15) is 23.5 Å². The van der Waals surface area contributed by atoms with Gasteiger partial charge in [0.1, 0.15) is 11.9 Å². The van der Waals surface area contributed by atoms with E-state index in [-0.39, 0.29) is 11.8 Å². The maximum atomic E-state index is 12.6. The van der Waals surface area contributed by atoms with Crippen molar-refractivity contribution in [3.63, 3.8) is 0 Å². The normalized spacial score (nSPS) is 17.6. The minimum Gasteiger partial charge on any atom is -0.368 e. The number of hydrogen-bond acceptors (Lipinski definition) is 3. The Labute approximate surface area is 151 Å².